The van der Waals surface area contributed by atoms with Gasteiger partial charge in [-0.05, 0) is 42.7 Å². The van der Waals surface area contributed by atoms with Gasteiger partial charge in [0.1, 0.15) is 30.1 Å². The van der Waals surface area contributed by atoms with Crippen LogP contribution in [-0.2, 0) is 10.2 Å². The van der Waals surface area contributed by atoms with Crippen molar-refractivity contribution in [3.8, 4) is 5.75 Å². The van der Waals surface area contributed by atoms with E-state index in [9.17, 15) is 18.7 Å². The van der Waals surface area contributed by atoms with Gasteiger partial charge < -0.3 is 15.2 Å². The number of benzene rings is 2. The van der Waals surface area contributed by atoms with Crippen LogP contribution in [0.2, 0.25) is 0 Å². The molecule has 2 aromatic rings. The first kappa shape index (κ1) is 17.4. The highest BCUT2D eigenvalue weighted by molar-refractivity contribution is 5.91. The summed E-state index contributed by atoms with van der Waals surface area (Å²) in [5, 5.41) is 12.6. The second-order valence-corrected chi connectivity index (χ2v) is 6.22. The highest BCUT2D eigenvalue weighted by atomic mass is 19.1. The van der Waals surface area contributed by atoms with Crippen LogP contribution >= 0.6 is 0 Å². The van der Waals surface area contributed by atoms with Crippen molar-refractivity contribution < 1.29 is 23.4 Å². The quantitative estimate of drug-likeness (QED) is 0.809. The zero-order chi connectivity index (χ0) is 17.9. The molecule has 4 nitrogen and oxygen atoms in total. The maximum atomic E-state index is 13.0. The number of amides is 1. The van der Waals surface area contributed by atoms with E-state index < -0.39 is 17.3 Å². The molecule has 0 bridgehead atoms. The molecular formula is C19H19F2NO3. The van der Waals surface area contributed by atoms with E-state index in [0.717, 1.165) is 5.56 Å². The summed E-state index contributed by atoms with van der Waals surface area (Å²) in [6, 6.07) is 11.5. The summed E-state index contributed by atoms with van der Waals surface area (Å²) in [7, 11) is 0. The van der Waals surface area contributed by atoms with Crippen LogP contribution in [0.5, 0.6) is 5.75 Å². The van der Waals surface area contributed by atoms with E-state index in [2.05, 4.69) is 5.32 Å². The fourth-order valence-electron chi connectivity index (χ4n) is 2.73. The van der Waals surface area contributed by atoms with E-state index >= 15 is 0 Å². The van der Waals surface area contributed by atoms with E-state index in [4.69, 9.17) is 4.74 Å². The van der Waals surface area contributed by atoms with Gasteiger partial charge in [-0.1, -0.05) is 18.2 Å². The molecule has 3 rings (SSSR count). The Kier molecular flexibility index (Phi) is 4.99. The lowest BCUT2D eigenvalue weighted by Gasteiger charge is -2.18. The number of aliphatic hydroxyl groups excluding tert-OH is 1. The van der Waals surface area contributed by atoms with Gasteiger partial charge in [0.2, 0.25) is 5.91 Å². The number of aliphatic hydroxyl groups is 1. The maximum Gasteiger partial charge on any atom is 0.230 e. The van der Waals surface area contributed by atoms with Gasteiger partial charge in [-0.15, -0.1) is 0 Å². The monoisotopic (exact) mass is 347 g/mol. The van der Waals surface area contributed by atoms with Crippen molar-refractivity contribution in [2.75, 3.05) is 13.2 Å². The Balaban J connectivity index is 1.49. The Morgan fingerprint density at radius 3 is 2.52 bits per heavy atom. The standard InChI is InChI=1S/C19H19F2NO3/c20-14-6-4-13(5-7-14)19(8-9-19)18(24)22-11-16(23)12-25-17-3-1-2-15(21)10-17/h1-7,10,16,23H,8-9,11-12H2,(H,22,24)/t16-/m1/s1. The maximum absolute atomic E-state index is 13.0. The first-order chi connectivity index (χ1) is 12.0. The van der Waals surface area contributed by atoms with Crippen molar-refractivity contribution >= 4 is 5.91 Å². The molecule has 0 radical (unpaired) electrons. The number of ether oxygens (including phenoxy) is 1. The van der Waals surface area contributed by atoms with Crippen LogP contribution in [0.4, 0.5) is 8.78 Å². The second kappa shape index (κ2) is 7.19. The van der Waals surface area contributed by atoms with Gasteiger partial charge in [-0.3, -0.25) is 4.79 Å². The summed E-state index contributed by atoms with van der Waals surface area (Å²) in [5.74, 6) is -0.639. The lowest BCUT2D eigenvalue weighted by Crippen LogP contribution is -2.40. The zero-order valence-corrected chi connectivity index (χ0v) is 13.5. The van der Waals surface area contributed by atoms with Crippen LogP contribution in [-0.4, -0.2) is 30.3 Å². The van der Waals surface area contributed by atoms with Gasteiger partial charge in [-0.25, -0.2) is 8.78 Å². The van der Waals surface area contributed by atoms with E-state index in [-0.39, 0.29) is 24.9 Å². The highest BCUT2D eigenvalue weighted by Gasteiger charge is 2.51. The highest BCUT2D eigenvalue weighted by Crippen LogP contribution is 2.48. The van der Waals surface area contributed by atoms with Crippen molar-refractivity contribution in [1.29, 1.82) is 0 Å². The molecule has 132 valence electrons. The zero-order valence-electron chi connectivity index (χ0n) is 13.5. The molecule has 0 heterocycles. The minimum Gasteiger partial charge on any atom is -0.491 e. The molecule has 1 fully saturated rings. The summed E-state index contributed by atoms with van der Waals surface area (Å²) in [6.45, 7) is -0.0373. The first-order valence-corrected chi connectivity index (χ1v) is 8.10. The lowest BCUT2D eigenvalue weighted by molar-refractivity contribution is -0.124. The van der Waals surface area contributed by atoms with Gasteiger partial charge in [0.05, 0.1) is 5.41 Å². The second-order valence-electron chi connectivity index (χ2n) is 6.22. The Labute approximate surface area is 144 Å². The Morgan fingerprint density at radius 1 is 1.16 bits per heavy atom. The molecule has 1 amide bonds. The van der Waals surface area contributed by atoms with Crippen LogP contribution < -0.4 is 10.1 Å². The molecule has 2 N–H and O–H groups in total. The fraction of sp³-hybridized carbons (Fsp3) is 0.316. The Bertz CT molecular complexity index is 745. The average molecular weight is 347 g/mol. The van der Waals surface area contributed by atoms with Crippen LogP contribution in [0.1, 0.15) is 18.4 Å². The molecule has 6 heteroatoms. The van der Waals surface area contributed by atoms with Crippen LogP contribution in [0, 0.1) is 11.6 Å². The molecule has 0 aliphatic heterocycles. The van der Waals surface area contributed by atoms with E-state index in [1.165, 1.54) is 30.3 Å². The molecule has 1 aliphatic carbocycles. The van der Waals surface area contributed by atoms with Crippen molar-refractivity contribution in [2.45, 2.75) is 24.4 Å². The Hall–Kier alpha value is -2.47. The van der Waals surface area contributed by atoms with E-state index in [1.54, 1.807) is 18.2 Å². The van der Waals surface area contributed by atoms with Crippen LogP contribution in [0.25, 0.3) is 0 Å². The van der Waals surface area contributed by atoms with Gasteiger partial charge in [0.15, 0.2) is 0 Å². The van der Waals surface area contributed by atoms with Gasteiger partial charge in [-0.2, -0.15) is 0 Å². The number of nitrogens with one attached hydrogen (secondary N) is 1. The summed E-state index contributed by atoms with van der Waals surface area (Å²) in [4.78, 5) is 12.4. The fourth-order valence-corrected chi connectivity index (χ4v) is 2.73. The molecule has 25 heavy (non-hydrogen) atoms. The van der Waals surface area contributed by atoms with Gasteiger partial charge >= 0.3 is 0 Å². The Morgan fingerprint density at radius 2 is 1.88 bits per heavy atom. The molecule has 0 spiro atoms. The molecule has 0 aromatic heterocycles. The number of hydrogen-bond acceptors (Lipinski definition) is 3. The third-order valence-corrected chi connectivity index (χ3v) is 4.32. The summed E-state index contributed by atoms with van der Waals surface area (Å²) < 4.78 is 31.4. The number of rotatable bonds is 7. The number of hydrogen-bond donors (Lipinski definition) is 2. The third-order valence-electron chi connectivity index (χ3n) is 4.32. The predicted octanol–water partition coefficient (Wildman–Crippen LogP) is 2.55. The molecule has 0 unspecified atom stereocenters. The molecule has 1 aliphatic rings. The number of halogens is 2. The number of carbonyl (C=O) groups is 1. The summed E-state index contributed by atoms with van der Waals surface area (Å²) in [6.07, 6.45) is 0.469. The van der Waals surface area contributed by atoms with Gasteiger partial charge in [0, 0.05) is 12.6 Å². The number of carbonyl (C=O) groups excluding carboxylic acids is 1. The SMILES string of the molecule is O=C(NC[C@@H](O)COc1cccc(F)c1)C1(c2ccc(F)cc2)CC1. The predicted molar refractivity (Wildman–Crippen MR) is 88.2 cm³/mol. The molecule has 1 saturated carbocycles. The summed E-state index contributed by atoms with van der Waals surface area (Å²) >= 11 is 0. The molecule has 2 aromatic carbocycles. The molecule has 0 saturated heterocycles. The van der Waals surface area contributed by atoms with Gasteiger partial charge in [0.25, 0.3) is 0 Å². The van der Waals surface area contributed by atoms with Crippen molar-refractivity contribution in [3.63, 3.8) is 0 Å². The van der Waals surface area contributed by atoms with Crippen molar-refractivity contribution in [2.24, 2.45) is 0 Å². The molecule has 1 atom stereocenters. The topological polar surface area (TPSA) is 58.6 Å². The van der Waals surface area contributed by atoms with Crippen molar-refractivity contribution in [1.82, 2.24) is 5.32 Å². The lowest BCUT2D eigenvalue weighted by atomic mass is 9.95. The van der Waals surface area contributed by atoms with Crippen LogP contribution in [0.15, 0.2) is 48.5 Å². The minimum atomic E-state index is -0.920. The summed E-state index contributed by atoms with van der Waals surface area (Å²) in [5.41, 5.74) is 0.147. The van der Waals surface area contributed by atoms with E-state index in [0.29, 0.717) is 18.6 Å². The molecular weight excluding hydrogens is 328 g/mol. The first-order valence-electron chi connectivity index (χ1n) is 8.10. The van der Waals surface area contributed by atoms with E-state index in [1.807, 2.05) is 0 Å². The third kappa shape index (κ3) is 4.14. The van der Waals surface area contributed by atoms with Crippen LogP contribution in [0.3, 0.4) is 0 Å². The average Bonchev–Trinajstić information content (AvgIpc) is 3.40. The smallest absolute Gasteiger partial charge is 0.230 e. The van der Waals surface area contributed by atoms with Crippen molar-refractivity contribution in [3.05, 3.63) is 65.7 Å². The minimum absolute atomic E-state index is 0.0249. The largest absolute Gasteiger partial charge is 0.491 e. The normalized spacial score (nSPS) is 16.1.